The fourth-order valence-electron chi connectivity index (χ4n) is 3.52. The maximum atomic E-state index is 12.5. The van der Waals surface area contributed by atoms with Crippen LogP contribution < -0.4 is 5.32 Å². The van der Waals surface area contributed by atoms with Gasteiger partial charge in [0, 0.05) is 50.3 Å². The number of carbonyl (C=O) groups is 2. The largest absolute Gasteiger partial charge is 0.368 e. The Morgan fingerprint density at radius 2 is 1.89 bits per heavy atom. The molecule has 8 heteroatoms. The minimum Gasteiger partial charge on any atom is -0.368 e. The maximum Gasteiger partial charge on any atom is 0.323 e. The van der Waals surface area contributed by atoms with E-state index in [0.717, 1.165) is 24.1 Å². The summed E-state index contributed by atoms with van der Waals surface area (Å²) in [4.78, 5) is 33.9. The molecule has 2 aliphatic heterocycles. The molecule has 1 N–H and O–H groups in total. The lowest BCUT2D eigenvalue weighted by Gasteiger charge is -2.35. The molecule has 2 aromatic rings. The van der Waals surface area contributed by atoms with Crippen LogP contribution in [-0.2, 0) is 16.0 Å². The first kappa shape index (κ1) is 18.9. The Hall–Kier alpha value is -2.45. The number of piperazine rings is 1. The number of hydrogen-bond donors (Lipinski definition) is 1. The van der Waals surface area contributed by atoms with Crippen molar-refractivity contribution in [3.8, 4) is 0 Å². The van der Waals surface area contributed by atoms with Gasteiger partial charge in [-0.3, -0.25) is 10.1 Å². The summed E-state index contributed by atoms with van der Waals surface area (Å²) in [6.45, 7) is 2.80. The van der Waals surface area contributed by atoms with Crippen LogP contribution in [0.5, 0.6) is 0 Å². The second kappa shape index (κ2) is 8.70. The highest BCUT2D eigenvalue weighted by molar-refractivity contribution is 7.15. The summed E-state index contributed by atoms with van der Waals surface area (Å²) in [5.74, 6) is 0.0584. The van der Waals surface area contributed by atoms with E-state index in [-0.39, 0.29) is 18.0 Å². The summed E-state index contributed by atoms with van der Waals surface area (Å²) in [5, 5.41) is 3.49. The lowest BCUT2D eigenvalue weighted by molar-refractivity contribution is -0.142. The molecule has 2 saturated heterocycles. The van der Waals surface area contributed by atoms with E-state index >= 15 is 0 Å². The van der Waals surface area contributed by atoms with Crippen LogP contribution in [0.1, 0.15) is 23.3 Å². The molecule has 7 nitrogen and oxygen atoms in total. The molecular weight excluding hydrogens is 376 g/mol. The van der Waals surface area contributed by atoms with Gasteiger partial charge < -0.3 is 14.5 Å². The zero-order valence-corrected chi connectivity index (χ0v) is 16.5. The van der Waals surface area contributed by atoms with Crippen LogP contribution in [0, 0.1) is 0 Å². The van der Waals surface area contributed by atoms with Gasteiger partial charge in [0.2, 0.25) is 0 Å². The van der Waals surface area contributed by atoms with Gasteiger partial charge in [-0.1, -0.05) is 30.3 Å². The van der Waals surface area contributed by atoms with Gasteiger partial charge in [-0.25, -0.2) is 9.78 Å². The van der Waals surface area contributed by atoms with Gasteiger partial charge >= 0.3 is 6.03 Å². The van der Waals surface area contributed by atoms with Crippen molar-refractivity contribution >= 4 is 28.4 Å². The zero-order valence-electron chi connectivity index (χ0n) is 15.7. The molecule has 0 spiro atoms. The van der Waals surface area contributed by atoms with Gasteiger partial charge in [0.1, 0.15) is 6.10 Å². The van der Waals surface area contributed by atoms with Gasteiger partial charge in [0.25, 0.3) is 5.91 Å². The topological polar surface area (TPSA) is 74.8 Å². The number of amides is 3. The molecule has 1 aromatic carbocycles. The van der Waals surface area contributed by atoms with Crippen LogP contribution in [0.25, 0.3) is 0 Å². The molecule has 2 aliphatic rings. The van der Waals surface area contributed by atoms with Gasteiger partial charge in [0.15, 0.2) is 5.13 Å². The van der Waals surface area contributed by atoms with Crippen molar-refractivity contribution in [2.24, 2.45) is 0 Å². The lowest BCUT2D eigenvalue weighted by Crippen LogP contribution is -2.53. The number of urea groups is 1. The van der Waals surface area contributed by atoms with Crippen LogP contribution in [-0.4, -0.2) is 65.6 Å². The van der Waals surface area contributed by atoms with Gasteiger partial charge in [0.05, 0.1) is 0 Å². The van der Waals surface area contributed by atoms with Gasteiger partial charge in [-0.15, -0.1) is 11.3 Å². The smallest absolute Gasteiger partial charge is 0.323 e. The summed E-state index contributed by atoms with van der Waals surface area (Å²) in [6.07, 6.45) is 4.07. The third-order valence-electron chi connectivity index (χ3n) is 5.07. The predicted molar refractivity (Wildman–Crippen MR) is 108 cm³/mol. The Balaban J connectivity index is 1.26. The SMILES string of the molecule is O=C(Nc1ncc(Cc2ccccc2)s1)N1CCN(C(=O)C2CCCO2)CC1. The standard InChI is InChI=1S/C20H24N4O3S/c25-18(17-7-4-12-27-17)23-8-10-24(11-9-23)20(26)22-19-21-14-16(28-19)13-15-5-2-1-3-6-15/h1-3,5-6,14,17H,4,7-13H2,(H,21,22,26). The fraction of sp³-hybridized carbons (Fsp3) is 0.450. The first-order valence-electron chi connectivity index (χ1n) is 9.64. The monoisotopic (exact) mass is 400 g/mol. The normalized spacial score (nSPS) is 19.6. The van der Waals surface area contributed by atoms with Crippen LogP contribution >= 0.6 is 11.3 Å². The molecule has 1 aromatic heterocycles. The zero-order chi connectivity index (χ0) is 19.3. The van der Waals surface area contributed by atoms with Crippen LogP contribution in [0.4, 0.5) is 9.93 Å². The first-order chi connectivity index (χ1) is 13.7. The first-order valence-corrected chi connectivity index (χ1v) is 10.5. The summed E-state index contributed by atoms with van der Waals surface area (Å²) >= 11 is 1.49. The van der Waals surface area contributed by atoms with E-state index in [1.165, 1.54) is 16.9 Å². The molecule has 148 valence electrons. The number of rotatable bonds is 4. The molecule has 28 heavy (non-hydrogen) atoms. The molecule has 3 amide bonds. The highest BCUT2D eigenvalue weighted by Gasteiger charge is 2.31. The number of aromatic nitrogens is 1. The number of hydrogen-bond acceptors (Lipinski definition) is 5. The molecule has 0 aliphatic carbocycles. The molecule has 4 rings (SSSR count). The Morgan fingerprint density at radius 1 is 1.14 bits per heavy atom. The average molecular weight is 401 g/mol. The molecule has 2 fully saturated rings. The highest BCUT2D eigenvalue weighted by Crippen LogP contribution is 2.22. The fourth-order valence-corrected chi connectivity index (χ4v) is 4.36. The quantitative estimate of drug-likeness (QED) is 0.856. The third kappa shape index (κ3) is 4.51. The van der Waals surface area contributed by atoms with E-state index in [2.05, 4.69) is 22.4 Å². The Bertz CT molecular complexity index is 812. The lowest BCUT2D eigenvalue weighted by atomic mass is 10.1. The van der Waals surface area contributed by atoms with Crippen molar-refractivity contribution in [1.29, 1.82) is 0 Å². The molecule has 1 unspecified atom stereocenters. The third-order valence-corrected chi connectivity index (χ3v) is 5.99. The maximum absolute atomic E-state index is 12.5. The molecule has 0 saturated carbocycles. The number of thiazole rings is 1. The summed E-state index contributed by atoms with van der Waals surface area (Å²) < 4.78 is 5.48. The number of anilines is 1. The number of ether oxygens (including phenoxy) is 1. The van der Waals surface area contributed by atoms with E-state index in [1.807, 2.05) is 24.4 Å². The van der Waals surface area contributed by atoms with Crippen molar-refractivity contribution in [3.63, 3.8) is 0 Å². The number of nitrogens with zero attached hydrogens (tertiary/aromatic N) is 3. The number of carbonyl (C=O) groups excluding carboxylic acids is 2. The molecular formula is C20H24N4O3S. The van der Waals surface area contributed by atoms with Crippen molar-refractivity contribution in [1.82, 2.24) is 14.8 Å². The number of benzene rings is 1. The average Bonchev–Trinajstić information content (AvgIpc) is 3.41. The van der Waals surface area contributed by atoms with Crippen LogP contribution in [0.2, 0.25) is 0 Å². The second-order valence-corrected chi connectivity index (χ2v) is 8.15. The second-order valence-electron chi connectivity index (χ2n) is 7.04. The highest BCUT2D eigenvalue weighted by atomic mass is 32.1. The molecule has 1 atom stereocenters. The Labute approximate surface area is 168 Å². The molecule has 3 heterocycles. The predicted octanol–water partition coefficient (Wildman–Crippen LogP) is 2.59. The van der Waals surface area contributed by atoms with E-state index in [0.29, 0.717) is 37.9 Å². The van der Waals surface area contributed by atoms with Crippen molar-refractivity contribution in [2.45, 2.75) is 25.4 Å². The summed E-state index contributed by atoms with van der Waals surface area (Å²) in [6, 6.07) is 10.0. The Kier molecular flexibility index (Phi) is 5.87. The summed E-state index contributed by atoms with van der Waals surface area (Å²) in [7, 11) is 0. The van der Waals surface area contributed by atoms with E-state index < -0.39 is 0 Å². The van der Waals surface area contributed by atoms with Crippen LogP contribution in [0.3, 0.4) is 0 Å². The van der Waals surface area contributed by atoms with E-state index in [1.54, 1.807) is 9.80 Å². The van der Waals surface area contributed by atoms with Crippen molar-refractivity contribution < 1.29 is 14.3 Å². The minimum atomic E-state index is -0.293. The van der Waals surface area contributed by atoms with Crippen LogP contribution in [0.15, 0.2) is 36.5 Å². The Morgan fingerprint density at radius 3 is 2.61 bits per heavy atom. The van der Waals surface area contributed by atoms with Crippen molar-refractivity contribution in [3.05, 3.63) is 47.0 Å². The van der Waals surface area contributed by atoms with Gasteiger partial charge in [-0.05, 0) is 18.4 Å². The molecule has 0 bridgehead atoms. The summed E-state index contributed by atoms with van der Waals surface area (Å²) in [5.41, 5.74) is 1.22. The van der Waals surface area contributed by atoms with Gasteiger partial charge in [-0.2, -0.15) is 0 Å². The number of nitrogens with one attached hydrogen (secondary N) is 1. The molecule has 0 radical (unpaired) electrons. The van der Waals surface area contributed by atoms with E-state index in [4.69, 9.17) is 4.74 Å². The minimum absolute atomic E-state index is 0.0584. The van der Waals surface area contributed by atoms with E-state index in [9.17, 15) is 9.59 Å². The van der Waals surface area contributed by atoms with Crippen molar-refractivity contribution in [2.75, 3.05) is 38.1 Å².